The van der Waals surface area contributed by atoms with Crippen LogP contribution in [0.15, 0.2) is 146 Å². The van der Waals surface area contributed by atoms with E-state index in [1.165, 1.54) is 13.2 Å². The summed E-state index contributed by atoms with van der Waals surface area (Å²) in [5.74, 6) is 1.31. The number of carbonyl (C=O) groups is 1. The molecule has 2 atom stereocenters. The summed E-state index contributed by atoms with van der Waals surface area (Å²) in [7, 11) is 3.94. The van der Waals surface area contributed by atoms with Crippen LogP contribution in [-0.2, 0) is 39.5 Å². The zero-order valence-corrected chi connectivity index (χ0v) is 24.5. The summed E-state index contributed by atoms with van der Waals surface area (Å²) in [6, 6.07) is 40.2. The van der Waals surface area contributed by atoms with Crippen LogP contribution < -0.4 is 0 Å². The highest BCUT2D eigenvalue weighted by Gasteiger charge is 2.61. The summed E-state index contributed by atoms with van der Waals surface area (Å²) in [6.07, 6.45) is 3.22. The third-order valence-electron chi connectivity index (χ3n) is 7.91. The molecule has 0 N–H and O–H groups in total. The fourth-order valence-electron chi connectivity index (χ4n) is 5.97. The lowest BCUT2D eigenvalue weighted by molar-refractivity contribution is -0.136. The van der Waals surface area contributed by atoms with Crippen LogP contribution in [0.2, 0.25) is 0 Å². The van der Waals surface area contributed by atoms with Gasteiger partial charge in [-0.05, 0) is 22.3 Å². The van der Waals surface area contributed by atoms with Gasteiger partial charge in [0.15, 0.2) is 0 Å². The van der Waals surface area contributed by atoms with Crippen LogP contribution in [0.3, 0.4) is 0 Å². The van der Waals surface area contributed by atoms with E-state index in [1.54, 1.807) is 32.3 Å². The lowest BCUT2D eigenvalue weighted by atomic mass is 9.71. The lowest BCUT2D eigenvalue weighted by Gasteiger charge is -2.46. The molecule has 7 heteroatoms. The van der Waals surface area contributed by atoms with Crippen molar-refractivity contribution in [1.82, 2.24) is 0 Å². The minimum atomic E-state index is -1.09. The quantitative estimate of drug-likeness (QED) is 0.0912. The first-order valence-corrected chi connectivity index (χ1v) is 14.2. The van der Waals surface area contributed by atoms with Crippen molar-refractivity contribution in [3.05, 3.63) is 168 Å². The Bertz CT molecular complexity index is 1330. The number of ether oxygens (including phenoxy) is 3. The van der Waals surface area contributed by atoms with E-state index in [0.717, 1.165) is 22.3 Å². The van der Waals surface area contributed by atoms with E-state index in [-0.39, 0.29) is 0 Å². The number of methoxy groups -OCH3 is 3. The molecule has 5 rings (SSSR count). The van der Waals surface area contributed by atoms with Gasteiger partial charge < -0.3 is 23.5 Å². The molecule has 0 amide bonds. The second-order valence-corrected chi connectivity index (χ2v) is 10.1. The Morgan fingerprint density at radius 2 is 0.953 bits per heavy atom. The standard InChI is InChI=1S/C36H35BO6/c1-39-32(38)26-16-17-27-37-42-33(35(40-2,28-18-8-4-9-19-28)29-20-10-5-11-21-29)34(43-37)36(41-3,30-22-12-6-13-23-30)31-24-14-7-15-25-31/h4-27,33-34H,1-3H3/b26-16+,27-17+/t33-,34-/m1/s1. The van der Waals surface area contributed by atoms with Gasteiger partial charge in [-0.1, -0.05) is 139 Å². The van der Waals surface area contributed by atoms with E-state index in [4.69, 9.17) is 23.5 Å². The number of rotatable bonds is 11. The minimum absolute atomic E-state index is 0.452. The summed E-state index contributed by atoms with van der Waals surface area (Å²) in [4.78, 5) is 11.6. The normalized spacial score (nSPS) is 17.5. The lowest BCUT2D eigenvalue weighted by Crippen LogP contribution is -2.56. The van der Waals surface area contributed by atoms with Gasteiger partial charge in [-0.25, -0.2) is 4.79 Å². The SMILES string of the molecule is COC(=O)/C=C/C=C/B1O[C@@H](C(OC)(c2ccccc2)c2ccccc2)[C@H](C(OC)(c2ccccc2)c2ccccc2)O1. The van der Waals surface area contributed by atoms with Crippen LogP contribution in [0.4, 0.5) is 0 Å². The van der Waals surface area contributed by atoms with Crippen molar-refractivity contribution in [2.24, 2.45) is 0 Å². The van der Waals surface area contributed by atoms with Crippen LogP contribution in [-0.4, -0.2) is 46.6 Å². The monoisotopic (exact) mass is 574 g/mol. The first-order valence-electron chi connectivity index (χ1n) is 14.2. The molecule has 43 heavy (non-hydrogen) atoms. The molecule has 0 unspecified atom stereocenters. The maximum Gasteiger partial charge on any atom is 0.486 e. The first-order chi connectivity index (χ1) is 21.1. The fourth-order valence-corrected chi connectivity index (χ4v) is 5.97. The molecule has 1 aliphatic heterocycles. The Morgan fingerprint density at radius 1 is 0.605 bits per heavy atom. The van der Waals surface area contributed by atoms with E-state index >= 15 is 0 Å². The van der Waals surface area contributed by atoms with Gasteiger partial charge in [-0.15, -0.1) is 0 Å². The van der Waals surface area contributed by atoms with E-state index < -0.39 is 36.5 Å². The summed E-state index contributed by atoms with van der Waals surface area (Å²) in [5.41, 5.74) is 1.44. The Kier molecular flexibility index (Phi) is 9.70. The van der Waals surface area contributed by atoms with E-state index in [9.17, 15) is 4.79 Å². The molecule has 218 valence electrons. The molecule has 4 aromatic rings. The number of hydrogen-bond donors (Lipinski definition) is 0. The molecule has 1 fully saturated rings. The Balaban J connectivity index is 1.75. The second kappa shape index (κ2) is 13.8. The van der Waals surface area contributed by atoms with Crippen LogP contribution >= 0.6 is 0 Å². The molecule has 0 aliphatic carbocycles. The van der Waals surface area contributed by atoms with Crippen molar-refractivity contribution >= 4 is 13.1 Å². The molecular weight excluding hydrogens is 539 g/mol. The van der Waals surface area contributed by atoms with Gasteiger partial charge in [-0.3, -0.25) is 0 Å². The highest BCUT2D eigenvalue weighted by Crippen LogP contribution is 2.50. The average molecular weight is 574 g/mol. The molecule has 0 saturated carbocycles. The molecule has 0 spiro atoms. The predicted octanol–water partition coefficient (Wildman–Crippen LogP) is 6.26. The van der Waals surface area contributed by atoms with E-state index in [0.29, 0.717) is 0 Å². The maximum absolute atomic E-state index is 11.6. The third-order valence-corrected chi connectivity index (χ3v) is 7.91. The Hall–Kier alpha value is -4.27. The van der Waals surface area contributed by atoms with Crippen molar-refractivity contribution in [1.29, 1.82) is 0 Å². The van der Waals surface area contributed by atoms with Gasteiger partial charge in [0.25, 0.3) is 0 Å². The largest absolute Gasteiger partial charge is 0.486 e. The van der Waals surface area contributed by atoms with Crippen LogP contribution in [0, 0.1) is 0 Å². The number of esters is 1. The minimum Gasteiger partial charge on any atom is -0.466 e. The zero-order valence-electron chi connectivity index (χ0n) is 24.5. The molecular formula is C36H35BO6. The van der Waals surface area contributed by atoms with Gasteiger partial charge in [0, 0.05) is 20.3 Å². The predicted molar refractivity (Wildman–Crippen MR) is 167 cm³/mol. The third kappa shape index (κ3) is 5.85. The Labute approximate surface area is 253 Å². The van der Waals surface area contributed by atoms with Crippen LogP contribution in [0.1, 0.15) is 22.3 Å². The summed E-state index contributed by atoms with van der Waals surface area (Å²) in [6.45, 7) is 0. The van der Waals surface area contributed by atoms with Crippen molar-refractivity contribution in [2.45, 2.75) is 23.4 Å². The zero-order chi connectivity index (χ0) is 30.1. The molecule has 4 aromatic carbocycles. The molecule has 0 radical (unpaired) electrons. The molecule has 1 aliphatic rings. The molecule has 1 saturated heterocycles. The van der Waals surface area contributed by atoms with E-state index in [1.807, 2.05) is 121 Å². The van der Waals surface area contributed by atoms with Crippen molar-refractivity contribution in [3.63, 3.8) is 0 Å². The van der Waals surface area contributed by atoms with Crippen LogP contribution in [0.25, 0.3) is 0 Å². The second-order valence-electron chi connectivity index (χ2n) is 10.1. The highest BCUT2D eigenvalue weighted by molar-refractivity contribution is 6.51. The topological polar surface area (TPSA) is 63.2 Å². The molecule has 0 bridgehead atoms. The highest BCUT2D eigenvalue weighted by atomic mass is 16.7. The number of hydrogen-bond acceptors (Lipinski definition) is 6. The van der Waals surface area contributed by atoms with Gasteiger partial charge in [0.1, 0.15) is 23.4 Å². The van der Waals surface area contributed by atoms with Gasteiger partial charge in [0.05, 0.1) is 7.11 Å². The van der Waals surface area contributed by atoms with Gasteiger partial charge in [0.2, 0.25) is 0 Å². The Morgan fingerprint density at radius 3 is 1.26 bits per heavy atom. The van der Waals surface area contributed by atoms with Crippen LogP contribution in [0.5, 0.6) is 0 Å². The molecule has 6 nitrogen and oxygen atoms in total. The first kappa shape index (κ1) is 30.2. The van der Waals surface area contributed by atoms with Crippen molar-refractivity contribution in [3.8, 4) is 0 Å². The molecule has 1 heterocycles. The van der Waals surface area contributed by atoms with Gasteiger partial charge in [-0.2, -0.15) is 0 Å². The summed E-state index contributed by atoms with van der Waals surface area (Å²) in [5, 5.41) is 0. The number of carbonyl (C=O) groups excluding carboxylic acids is 1. The van der Waals surface area contributed by atoms with E-state index in [2.05, 4.69) is 0 Å². The fraction of sp³-hybridized carbons (Fsp3) is 0.194. The maximum atomic E-state index is 11.6. The molecule has 0 aromatic heterocycles. The van der Waals surface area contributed by atoms with Gasteiger partial charge >= 0.3 is 13.1 Å². The summed E-state index contributed by atoms with van der Waals surface area (Å²) < 4.78 is 31.6. The van der Waals surface area contributed by atoms with Crippen molar-refractivity contribution in [2.75, 3.05) is 21.3 Å². The van der Waals surface area contributed by atoms with Crippen molar-refractivity contribution < 1.29 is 28.3 Å². The smallest absolute Gasteiger partial charge is 0.466 e. The number of benzene rings is 4. The summed E-state index contributed by atoms with van der Waals surface area (Å²) >= 11 is 0. The average Bonchev–Trinajstić information content (AvgIpc) is 3.51. The number of allylic oxidation sites excluding steroid dienone is 2.